The van der Waals surface area contributed by atoms with Crippen LogP contribution in [0.3, 0.4) is 0 Å². The van der Waals surface area contributed by atoms with E-state index in [1.165, 1.54) is 6.92 Å². The number of methoxy groups -OCH3 is 1. The number of amides is 1. The molecule has 0 radical (unpaired) electrons. The van der Waals surface area contributed by atoms with Gasteiger partial charge in [-0.3, -0.25) is 4.79 Å². The van der Waals surface area contributed by atoms with E-state index in [1.807, 2.05) is 18.2 Å². The highest BCUT2D eigenvalue weighted by Crippen LogP contribution is 2.25. The monoisotopic (exact) mass is 345 g/mol. The van der Waals surface area contributed by atoms with Crippen LogP contribution < -0.4 is 10.1 Å². The topological polar surface area (TPSA) is 78.8 Å². The van der Waals surface area contributed by atoms with Crippen LogP contribution in [0.1, 0.15) is 18.9 Å². The summed E-state index contributed by atoms with van der Waals surface area (Å²) in [4.78, 5) is 11.6. The summed E-state index contributed by atoms with van der Waals surface area (Å²) in [6.45, 7) is 1.11. The highest BCUT2D eigenvalue weighted by atomic mass is 79.9. The van der Waals surface area contributed by atoms with Gasteiger partial charge in [0.25, 0.3) is 0 Å². The van der Waals surface area contributed by atoms with E-state index < -0.39 is 12.2 Å². The zero-order chi connectivity index (χ0) is 15.2. The normalized spacial score (nSPS) is 13.7. The van der Waals surface area contributed by atoms with Crippen LogP contribution in [0, 0.1) is 0 Å². The van der Waals surface area contributed by atoms with Gasteiger partial charge >= 0.3 is 0 Å². The Morgan fingerprint density at radius 2 is 2.20 bits per heavy atom. The summed E-state index contributed by atoms with van der Waals surface area (Å²) in [5.41, 5.74) is -0.263. The van der Waals surface area contributed by atoms with Crippen molar-refractivity contribution in [1.29, 1.82) is 0 Å². The van der Waals surface area contributed by atoms with Gasteiger partial charge in [-0.25, -0.2) is 0 Å². The van der Waals surface area contributed by atoms with Gasteiger partial charge in [0.2, 0.25) is 5.91 Å². The molecule has 0 heterocycles. The number of halogens is 1. The molecule has 0 aliphatic rings. The maximum absolute atomic E-state index is 11.6. The van der Waals surface area contributed by atoms with Crippen LogP contribution in [0.4, 0.5) is 0 Å². The first-order chi connectivity index (χ1) is 9.38. The fraction of sp³-hybridized carbons (Fsp3) is 0.500. The number of carbonyl (C=O) groups excluding carboxylic acids is 1. The second kappa shape index (κ2) is 7.61. The number of hydrogen-bond acceptors (Lipinski definition) is 4. The minimum absolute atomic E-state index is 0.0363. The van der Waals surface area contributed by atoms with Crippen molar-refractivity contribution >= 4 is 21.8 Å². The SMILES string of the molecule is COc1ccc(CCC(=O)NCC(C)(O)CO)cc1Br. The lowest BCUT2D eigenvalue weighted by atomic mass is 10.1. The van der Waals surface area contributed by atoms with Crippen molar-refractivity contribution in [2.75, 3.05) is 20.3 Å². The van der Waals surface area contributed by atoms with Crippen LogP contribution >= 0.6 is 15.9 Å². The highest BCUT2D eigenvalue weighted by Gasteiger charge is 2.19. The van der Waals surface area contributed by atoms with Gasteiger partial charge in [-0.2, -0.15) is 0 Å². The molecule has 3 N–H and O–H groups in total. The first kappa shape index (κ1) is 16.9. The molecule has 0 fully saturated rings. The summed E-state index contributed by atoms with van der Waals surface area (Å²) < 4.78 is 5.98. The maximum Gasteiger partial charge on any atom is 0.220 e. The third-order valence-corrected chi connectivity index (χ3v) is 3.48. The molecule has 1 amide bonds. The predicted molar refractivity (Wildman–Crippen MR) is 79.7 cm³/mol. The first-order valence-corrected chi connectivity index (χ1v) is 7.09. The number of aryl methyl sites for hydroxylation is 1. The zero-order valence-corrected chi connectivity index (χ0v) is 13.2. The van der Waals surface area contributed by atoms with Crippen molar-refractivity contribution in [3.63, 3.8) is 0 Å². The molecule has 0 saturated heterocycles. The third kappa shape index (κ3) is 5.48. The minimum atomic E-state index is -1.28. The molecule has 1 aromatic carbocycles. The molecule has 112 valence electrons. The maximum atomic E-state index is 11.6. The largest absolute Gasteiger partial charge is 0.496 e. The van der Waals surface area contributed by atoms with Crippen LogP contribution in [-0.4, -0.2) is 42.0 Å². The van der Waals surface area contributed by atoms with Crippen LogP contribution in [0.2, 0.25) is 0 Å². The molecule has 0 aliphatic heterocycles. The molecule has 0 aromatic heterocycles. The van der Waals surface area contributed by atoms with Crippen LogP contribution in [0.5, 0.6) is 5.75 Å². The quantitative estimate of drug-likeness (QED) is 0.694. The number of nitrogens with one attached hydrogen (secondary N) is 1. The van der Waals surface area contributed by atoms with E-state index in [9.17, 15) is 9.90 Å². The second-order valence-corrected chi connectivity index (χ2v) is 5.76. The molecule has 1 rings (SSSR count). The molecule has 0 aliphatic carbocycles. The smallest absolute Gasteiger partial charge is 0.220 e. The van der Waals surface area contributed by atoms with Gasteiger partial charge in [-0.1, -0.05) is 6.07 Å². The molecule has 5 nitrogen and oxygen atoms in total. The van der Waals surface area contributed by atoms with Crippen molar-refractivity contribution in [2.24, 2.45) is 0 Å². The fourth-order valence-electron chi connectivity index (χ4n) is 1.56. The summed E-state index contributed by atoms with van der Waals surface area (Å²) >= 11 is 3.39. The van der Waals surface area contributed by atoms with E-state index in [4.69, 9.17) is 9.84 Å². The van der Waals surface area contributed by atoms with Crippen molar-refractivity contribution < 1.29 is 19.7 Å². The first-order valence-electron chi connectivity index (χ1n) is 6.30. The van der Waals surface area contributed by atoms with Crippen molar-refractivity contribution in [1.82, 2.24) is 5.32 Å². The third-order valence-electron chi connectivity index (χ3n) is 2.86. The zero-order valence-electron chi connectivity index (χ0n) is 11.6. The summed E-state index contributed by atoms with van der Waals surface area (Å²) in [7, 11) is 1.60. The molecule has 0 saturated carbocycles. The Morgan fingerprint density at radius 1 is 1.50 bits per heavy atom. The summed E-state index contributed by atoms with van der Waals surface area (Å²) in [5.74, 6) is 0.586. The summed E-state index contributed by atoms with van der Waals surface area (Å²) in [6.07, 6.45) is 0.913. The van der Waals surface area contributed by atoms with Crippen molar-refractivity contribution in [3.8, 4) is 5.75 Å². The lowest BCUT2D eigenvalue weighted by Gasteiger charge is -2.20. The predicted octanol–water partition coefficient (Wildman–Crippen LogP) is 1.25. The Kier molecular flexibility index (Phi) is 6.45. The van der Waals surface area contributed by atoms with E-state index in [0.717, 1.165) is 15.8 Å². The Balaban J connectivity index is 2.43. The Labute approximate surface area is 127 Å². The fourth-order valence-corrected chi connectivity index (χ4v) is 2.14. The number of rotatable bonds is 7. The number of ether oxygens (including phenoxy) is 1. The average Bonchev–Trinajstić information content (AvgIpc) is 2.43. The molecule has 20 heavy (non-hydrogen) atoms. The lowest BCUT2D eigenvalue weighted by molar-refractivity contribution is -0.122. The summed E-state index contributed by atoms with van der Waals surface area (Å²) in [5, 5.41) is 21.0. The number of hydrogen-bond donors (Lipinski definition) is 3. The molecule has 0 spiro atoms. The van der Waals surface area contributed by atoms with Gasteiger partial charge in [-0.05, 0) is 47.0 Å². The number of carbonyl (C=O) groups is 1. The minimum Gasteiger partial charge on any atom is -0.496 e. The Morgan fingerprint density at radius 3 is 2.75 bits per heavy atom. The van der Waals surface area contributed by atoms with E-state index in [1.54, 1.807) is 7.11 Å². The van der Waals surface area contributed by atoms with E-state index >= 15 is 0 Å². The van der Waals surface area contributed by atoms with E-state index in [-0.39, 0.29) is 12.5 Å². The number of aliphatic hydroxyl groups is 2. The molecule has 0 bridgehead atoms. The van der Waals surface area contributed by atoms with Crippen molar-refractivity contribution in [2.45, 2.75) is 25.4 Å². The summed E-state index contributed by atoms with van der Waals surface area (Å²) in [6, 6.07) is 5.66. The Bertz CT molecular complexity index is 462. The molecule has 6 heteroatoms. The average molecular weight is 346 g/mol. The lowest BCUT2D eigenvalue weighted by Crippen LogP contribution is -2.43. The highest BCUT2D eigenvalue weighted by molar-refractivity contribution is 9.10. The van der Waals surface area contributed by atoms with Crippen LogP contribution in [0.15, 0.2) is 22.7 Å². The molecule has 1 atom stereocenters. The van der Waals surface area contributed by atoms with Gasteiger partial charge in [0.1, 0.15) is 11.4 Å². The van der Waals surface area contributed by atoms with Gasteiger partial charge in [0.15, 0.2) is 0 Å². The van der Waals surface area contributed by atoms with Crippen LogP contribution in [-0.2, 0) is 11.2 Å². The van der Waals surface area contributed by atoms with Gasteiger partial charge in [0.05, 0.1) is 18.2 Å². The molecular weight excluding hydrogens is 326 g/mol. The van der Waals surface area contributed by atoms with Crippen LogP contribution in [0.25, 0.3) is 0 Å². The molecule has 1 aromatic rings. The molecular formula is C14H20BrNO4. The van der Waals surface area contributed by atoms with Gasteiger partial charge in [-0.15, -0.1) is 0 Å². The Hall–Kier alpha value is -1.11. The van der Waals surface area contributed by atoms with E-state index in [0.29, 0.717) is 12.8 Å². The second-order valence-electron chi connectivity index (χ2n) is 4.90. The van der Waals surface area contributed by atoms with E-state index in [2.05, 4.69) is 21.2 Å². The van der Waals surface area contributed by atoms with Crippen molar-refractivity contribution in [3.05, 3.63) is 28.2 Å². The number of benzene rings is 1. The number of aliphatic hydroxyl groups excluding tert-OH is 1. The standard InChI is InChI=1S/C14H20BrNO4/c1-14(19,9-17)8-16-13(18)6-4-10-3-5-12(20-2)11(15)7-10/h3,5,7,17,19H,4,6,8-9H2,1-2H3,(H,16,18). The van der Waals surface area contributed by atoms with Gasteiger partial charge < -0.3 is 20.3 Å². The van der Waals surface area contributed by atoms with Gasteiger partial charge in [0, 0.05) is 13.0 Å². The molecule has 1 unspecified atom stereocenters.